The number of pyridine rings is 1. The molecule has 1 atom stereocenters. The van der Waals surface area contributed by atoms with Gasteiger partial charge in [0, 0.05) is 51.5 Å². The van der Waals surface area contributed by atoms with Gasteiger partial charge in [0.1, 0.15) is 0 Å². The van der Waals surface area contributed by atoms with Gasteiger partial charge in [-0.2, -0.15) is 0 Å². The molecule has 0 N–H and O–H groups in total. The van der Waals surface area contributed by atoms with Crippen LogP contribution in [0.5, 0.6) is 0 Å². The SMILES string of the molecule is Cc1cnccc1CN(C)C(=O)CCN(C)C1CCN(C)C1. The lowest BCUT2D eigenvalue weighted by Gasteiger charge is -2.25. The number of rotatable bonds is 6. The number of likely N-dealkylation sites (tertiary alicyclic amines) is 1. The summed E-state index contributed by atoms with van der Waals surface area (Å²) >= 11 is 0. The third-order valence-electron chi connectivity index (χ3n) is 4.64. The van der Waals surface area contributed by atoms with Crippen molar-refractivity contribution in [3.63, 3.8) is 0 Å². The van der Waals surface area contributed by atoms with Gasteiger partial charge in [-0.3, -0.25) is 9.78 Å². The second-order valence-electron chi connectivity index (χ2n) is 6.49. The Morgan fingerprint density at radius 1 is 1.45 bits per heavy atom. The number of amides is 1. The molecule has 1 fully saturated rings. The Kier molecular flexibility index (Phi) is 5.91. The highest BCUT2D eigenvalue weighted by molar-refractivity contribution is 5.76. The van der Waals surface area contributed by atoms with Crippen molar-refractivity contribution in [2.45, 2.75) is 32.4 Å². The van der Waals surface area contributed by atoms with Gasteiger partial charge in [0.15, 0.2) is 0 Å². The van der Waals surface area contributed by atoms with Crippen LogP contribution in [-0.2, 0) is 11.3 Å². The molecule has 5 heteroatoms. The molecule has 0 aromatic carbocycles. The van der Waals surface area contributed by atoms with Gasteiger partial charge >= 0.3 is 0 Å². The first-order valence-corrected chi connectivity index (χ1v) is 7.99. The smallest absolute Gasteiger partial charge is 0.223 e. The van der Waals surface area contributed by atoms with Crippen LogP contribution >= 0.6 is 0 Å². The maximum Gasteiger partial charge on any atom is 0.223 e. The van der Waals surface area contributed by atoms with Crippen LogP contribution in [0.1, 0.15) is 24.0 Å². The first-order chi connectivity index (χ1) is 10.5. The number of likely N-dealkylation sites (N-methyl/N-ethyl adjacent to an activating group) is 2. The molecule has 2 heterocycles. The van der Waals surface area contributed by atoms with E-state index in [1.54, 1.807) is 6.20 Å². The van der Waals surface area contributed by atoms with E-state index in [9.17, 15) is 4.79 Å². The van der Waals surface area contributed by atoms with Crippen molar-refractivity contribution in [2.24, 2.45) is 0 Å². The zero-order valence-corrected chi connectivity index (χ0v) is 14.2. The fraction of sp³-hybridized carbons (Fsp3) is 0.647. The minimum atomic E-state index is 0.203. The fourth-order valence-electron chi connectivity index (χ4n) is 2.94. The molecular weight excluding hydrogens is 276 g/mol. The van der Waals surface area contributed by atoms with E-state index in [1.165, 1.54) is 6.42 Å². The monoisotopic (exact) mass is 304 g/mol. The van der Waals surface area contributed by atoms with Gasteiger partial charge in [-0.25, -0.2) is 0 Å². The highest BCUT2D eigenvalue weighted by Gasteiger charge is 2.23. The molecule has 5 nitrogen and oxygen atoms in total. The van der Waals surface area contributed by atoms with Crippen molar-refractivity contribution in [3.8, 4) is 0 Å². The standard InChI is InChI=1S/C17H28N4O/c1-14-11-18-8-5-15(14)12-21(4)17(22)7-10-20(3)16-6-9-19(2)13-16/h5,8,11,16H,6-7,9-10,12-13H2,1-4H3. The maximum absolute atomic E-state index is 12.3. The summed E-state index contributed by atoms with van der Waals surface area (Å²) in [5.74, 6) is 0.203. The molecule has 0 spiro atoms. The Labute approximate surface area is 133 Å². The van der Waals surface area contributed by atoms with Gasteiger partial charge in [-0.1, -0.05) is 0 Å². The normalized spacial score (nSPS) is 18.9. The highest BCUT2D eigenvalue weighted by atomic mass is 16.2. The lowest BCUT2D eigenvalue weighted by molar-refractivity contribution is -0.130. The summed E-state index contributed by atoms with van der Waals surface area (Å²) in [6, 6.07) is 2.57. The van der Waals surface area contributed by atoms with Crippen LogP contribution in [0.3, 0.4) is 0 Å². The third-order valence-corrected chi connectivity index (χ3v) is 4.64. The van der Waals surface area contributed by atoms with E-state index in [1.807, 2.05) is 31.1 Å². The van der Waals surface area contributed by atoms with E-state index in [2.05, 4.69) is 28.9 Å². The number of carbonyl (C=O) groups is 1. The summed E-state index contributed by atoms with van der Waals surface area (Å²) in [7, 11) is 6.17. The Hall–Kier alpha value is -1.46. The summed E-state index contributed by atoms with van der Waals surface area (Å²) in [5, 5.41) is 0. The van der Waals surface area contributed by atoms with E-state index in [0.29, 0.717) is 19.0 Å². The average Bonchev–Trinajstić information content (AvgIpc) is 2.93. The van der Waals surface area contributed by atoms with Crippen LogP contribution in [0, 0.1) is 6.92 Å². The van der Waals surface area contributed by atoms with Crippen LogP contribution in [0.25, 0.3) is 0 Å². The molecule has 1 aliphatic rings. The predicted octanol–water partition coefficient (Wildman–Crippen LogP) is 1.37. The third kappa shape index (κ3) is 4.52. The quantitative estimate of drug-likeness (QED) is 0.796. The minimum absolute atomic E-state index is 0.203. The van der Waals surface area contributed by atoms with Gasteiger partial charge in [0.05, 0.1) is 0 Å². The summed E-state index contributed by atoms with van der Waals surface area (Å²) in [4.78, 5) is 22.9. The van der Waals surface area contributed by atoms with E-state index in [4.69, 9.17) is 0 Å². The van der Waals surface area contributed by atoms with Crippen LogP contribution in [0.15, 0.2) is 18.5 Å². The minimum Gasteiger partial charge on any atom is -0.341 e. The van der Waals surface area contributed by atoms with E-state index >= 15 is 0 Å². The number of carbonyl (C=O) groups excluding carboxylic acids is 1. The van der Waals surface area contributed by atoms with Crippen molar-refractivity contribution in [1.82, 2.24) is 19.7 Å². The summed E-state index contributed by atoms with van der Waals surface area (Å²) in [6.07, 6.45) is 5.41. The topological polar surface area (TPSA) is 39.7 Å². The molecule has 1 aliphatic heterocycles. The van der Waals surface area contributed by atoms with Crippen molar-refractivity contribution >= 4 is 5.91 Å². The van der Waals surface area contributed by atoms with Crippen LogP contribution in [0.2, 0.25) is 0 Å². The zero-order valence-electron chi connectivity index (χ0n) is 14.2. The van der Waals surface area contributed by atoms with Gasteiger partial charge in [0.25, 0.3) is 0 Å². The average molecular weight is 304 g/mol. The number of nitrogens with zero attached hydrogens (tertiary/aromatic N) is 4. The number of aromatic nitrogens is 1. The lowest BCUT2D eigenvalue weighted by atomic mass is 10.1. The summed E-state index contributed by atoms with van der Waals surface area (Å²) in [5.41, 5.74) is 2.30. The molecular formula is C17H28N4O. The molecule has 122 valence electrons. The molecule has 0 saturated carbocycles. The van der Waals surface area contributed by atoms with Gasteiger partial charge < -0.3 is 14.7 Å². The van der Waals surface area contributed by atoms with Crippen molar-refractivity contribution in [3.05, 3.63) is 29.6 Å². The lowest BCUT2D eigenvalue weighted by Crippen LogP contribution is -2.37. The molecule has 1 amide bonds. The molecule has 0 aliphatic carbocycles. The molecule has 1 aromatic rings. The Balaban J connectivity index is 1.78. The number of hydrogen-bond donors (Lipinski definition) is 0. The molecule has 1 saturated heterocycles. The van der Waals surface area contributed by atoms with Gasteiger partial charge in [-0.15, -0.1) is 0 Å². The largest absolute Gasteiger partial charge is 0.341 e. The van der Waals surface area contributed by atoms with E-state index in [-0.39, 0.29) is 5.91 Å². The second kappa shape index (κ2) is 7.70. The Bertz CT molecular complexity index is 505. The fourth-order valence-corrected chi connectivity index (χ4v) is 2.94. The van der Waals surface area contributed by atoms with E-state index in [0.717, 1.165) is 30.8 Å². The predicted molar refractivity (Wildman–Crippen MR) is 88.6 cm³/mol. The maximum atomic E-state index is 12.3. The van der Waals surface area contributed by atoms with Crippen LogP contribution in [-0.4, -0.2) is 72.4 Å². The Morgan fingerprint density at radius 2 is 2.23 bits per heavy atom. The first kappa shape index (κ1) is 16.9. The van der Waals surface area contributed by atoms with E-state index < -0.39 is 0 Å². The second-order valence-corrected chi connectivity index (χ2v) is 6.49. The van der Waals surface area contributed by atoms with Crippen molar-refractivity contribution in [1.29, 1.82) is 0 Å². The molecule has 1 unspecified atom stereocenters. The summed E-state index contributed by atoms with van der Waals surface area (Å²) in [6.45, 7) is 5.78. The van der Waals surface area contributed by atoms with Crippen molar-refractivity contribution in [2.75, 3.05) is 40.8 Å². The Morgan fingerprint density at radius 3 is 2.86 bits per heavy atom. The van der Waals surface area contributed by atoms with Crippen molar-refractivity contribution < 1.29 is 4.79 Å². The molecule has 1 aromatic heterocycles. The summed E-state index contributed by atoms with van der Waals surface area (Å²) < 4.78 is 0. The molecule has 2 rings (SSSR count). The highest BCUT2D eigenvalue weighted by Crippen LogP contribution is 2.13. The number of hydrogen-bond acceptors (Lipinski definition) is 4. The zero-order chi connectivity index (χ0) is 16.1. The molecule has 22 heavy (non-hydrogen) atoms. The molecule has 0 bridgehead atoms. The number of aryl methyl sites for hydroxylation is 1. The van der Waals surface area contributed by atoms with Crippen LogP contribution < -0.4 is 0 Å². The van der Waals surface area contributed by atoms with Gasteiger partial charge in [0.2, 0.25) is 5.91 Å². The molecule has 0 radical (unpaired) electrons. The first-order valence-electron chi connectivity index (χ1n) is 7.99. The van der Waals surface area contributed by atoms with Crippen LogP contribution in [0.4, 0.5) is 0 Å². The van der Waals surface area contributed by atoms with Gasteiger partial charge in [-0.05, 0) is 51.2 Å².